The molecule has 0 spiro atoms. The molecular weight excluding hydrogens is 323 g/mol. The van der Waals surface area contributed by atoms with Gasteiger partial charge in [0.2, 0.25) is 11.8 Å². The minimum atomic E-state index is -0.614. The number of carbonyl (C=O) groups is 1. The first-order valence-electron chi connectivity index (χ1n) is 8.32. The summed E-state index contributed by atoms with van der Waals surface area (Å²) < 4.78 is 20.5. The van der Waals surface area contributed by atoms with E-state index in [4.69, 9.17) is 10.5 Å². The van der Waals surface area contributed by atoms with E-state index in [0.29, 0.717) is 11.4 Å². The van der Waals surface area contributed by atoms with Gasteiger partial charge in [-0.05, 0) is 44.0 Å². The number of nitrogens with zero attached hydrogens (tertiary/aromatic N) is 3. The van der Waals surface area contributed by atoms with Gasteiger partial charge in [-0.2, -0.15) is 5.10 Å². The fourth-order valence-electron chi connectivity index (χ4n) is 3.85. The number of aryl methyl sites for hydroxylation is 2. The summed E-state index contributed by atoms with van der Waals surface area (Å²) in [6, 6.07) is 5.31. The van der Waals surface area contributed by atoms with Crippen LogP contribution in [0.3, 0.4) is 0 Å². The summed E-state index contributed by atoms with van der Waals surface area (Å²) in [5.41, 5.74) is 8.27. The van der Waals surface area contributed by atoms with Crippen molar-refractivity contribution in [3.8, 4) is 5.88 Å². The highest BCUT2D eigenvalue weighted by Gasteiger charge is 2.38. The number of carbonyl (C=O) groups excluding carboxylic acids is 1. The Hall–Kier alpha value is -2.41. The third-order valence-corrected chi connectivity index (χ3v) is 4.82. The van der Waals surface area contributed by atoms with Crippen molar-refractivity contribution in [2.24, 2.45) is 12.8 Å². The van der Waals surface area contributed by atoms with E-state index in [2.05, 4.69) is 10.00 Å². The lowest BCUT2D eigenvalue weighted by Gasteiger charge is -2.31. The molecule has 1 aliphatic rings. The molecule has 0 radical (unpaired) electrons. The average Bonchev–Trinajstić information content (AvgIpc) is 3.12. The molecule has 2 atom stereocenters. The topological polar surface area (TPSA) is 73.4 Å². The van der Waals surface area contributed by atoms with Gasteiger partial charge in [-0.3, -0.25) is 9.69 Å². The maximum atomic E-state index is 13.3. The lowest BCUT2D eigenvalue weighted by molar-refractivity contribution is -0.123. The molecule has 25 heavy (non-hydrogen) atoms. The molecule has 0 unspecified atom stereocenters. The highest BCUT2D eigenvalue weighted by atomic mass is 19.1. The number of likely N-dealkylation sites (tertiary alicyclic amines) is 1. The summed E-state index contributed by atoms with van der Waals surface area (Å²) in [5, 5.41) is 4.45. The molecule has 1 aliphatic heterocycles. The number of primary amides is 1. The van der Waals surface area contributed by atoms with Crippen LogP contribution in [0.15, 0.2) is 24.3 Å². The van der Waals surface area contributed by atoms with Gasteiger partial charge in [-0.25, -0.2) is 9.07 Å². The fraction of sp³-hybridized carbons (Fsp3) is 0.444. The zero-order valence-corrected chi connectivity index (χ0v) is 14.7. The van der Waals surface area contributed by atoms with Crippen molar-refractivity contribution in [2.45, 2.75) is 31.8 Å². The molecule has 7 heteroatoms. The van der Waals surface area contributed by atoms with Crippen molar-refractivity contribution < 1.29 is 13.9 Å². The smallest absolute Gasteiger partial charge is 0.239 e. The van der Waals surface area contributed by atoms with Gasteiger partial charge < -0.3 is 10.5 Å². The highest BCUT2D eigenvalue weighted by Crippen LogP contribution is 2.43. The molecule has 1 amide bonds. The highest BCUT2D eigenvalue weighted by molar-refractivity contribution is 5.81. The molecule has 134 valence electrons. The Morgan fingerprint density at radius 1 is 1.40 bits per heavy atom. The minimum absolute atomic E-state index is 0.0220. The number of amides is 1. The molecule has 1 aromatic heterocycles. The van der Waals surface area contributed by atoms with Crippen LogP contribution in [0.1, 0.15) is 41.7 Å². The van der Waals surface area contributed by atoms with E-state index in [9.17, 15) is 9.18 Å². The molecule has 1 saturated heterocycles. The Kier molecular flexibility index (Phi) is 4.76. The first kappa shape index (κ1) is 17.4. The predicted octanol–water partition coefficient (Wildman–Crippen LogP) is 2.24. The number of rotatable bonds is 5. The predicted molar refractivity (Wildman–Crippen MR) is 91.5 cm³/mol. The Morgan fingerprint density at radius 2 is 2.08 bits per heavy atom. The molecule has 2 heterocycles. The number of hydrogen-bond acceptors (Lipinski definition) is 4. The lowest BCUT2D eigenvalue weighted by atomic mass is 10.00. The third kappa shape index (κ3) is 3.11. The molecule has 1 aromatic carbocycles. The number of aromatic nitrogens is 2. The van der Waals surface area contributed by atoms with Crippen molar-refractivity contribution in [3.63, 3.8) is 0 Å². The maximum Gasteiger partial charge on any atom is 0.239 e. The largest absolute Gasteiger partial charge is 0.481 e. The van der Waals surface area contributed by atoms with Gasteiger partial charge in [0.15, 0.2) is 0 Å². The zero-order chi connectivity index (χ0) is 18.1. The third-order valence-electron chi connectivity index (χ3n) is 4.82. The second-order valence-corrected chi connectivity index (χ2v) is 6.38. The SMILES string of the molecule is COc1c([C@@H]2CCCN2[C@H](C(N)=O)c2ccc(F)cc2)c(C)nn1C. The van der Waals surface area contributed by atoms with E-state index < -0.39 is 11.9 Å². The number of benzene rings is 1. The molecule has 2 N–H and O–H groups in total. The van der Waals surface area contributed by atoms with E-state index in [1.54, 1.807) is 23.9 Å². The number of methoxy groups -OCH3 is 1. The van der Waals surface area contributed by atoms with Crippen molar-refractivity contribution in [2.75, 3.05) is 13.7 Å². The van der Waals surface area contributed by atoms with Crippen LogP contribution in [0.4, 0.5) is 4.39 Å². The van der Waals surface area contributed by atoms with Crippen molar-refractivity contribution in [1.29, 1.82) is 0 Å². The summed E-state index contributed by atoms with van der Waals surface area (Å²) in [5.74, 6) is -0.0922. The summed E-state index contributed by atoms with van der Waals surface area (Å²) in [7, 11) is 3.45. The standard InChI is InChI=1S/C18H23FN4O2/c1-11-15(18(25-3)22(2)21-11)14-5-4-10-23(14)16(17(20)24)12-6-8-13(19)9-7-12/h6-9,14,16H,4-5,10H2,1-3H3,(H2,20,24)/t14-,16-/m0/s1. The van der Waals surface area contributed by atoms with Gasteiger partial charge in [0.05, 0.1) is 18.4 Å². The molecule has 3 rings (SSSR count). The van der Waals surface area contributed by atoms with Gasteiger partial charge in [-0.1, -0.05) is 12.1 Å². The van der Waals surface area contributed by atoms with E-state index in [1.165, 1.54) is 12.1 Å². The molecule has 2 aromatic rings. The van der Waals surface area contributed by atoms with E-state index >= 15 is 0 Å². The van der Waals surface area contributed by atoms with Crippen LogP contribution >= 0.6 is 0 Å². The Morgan fingerprint density at radius 3 is 2.68 bits per heavy atom. The van der Waals surface area contributed by atoms with Gasteiger partial charge in [0.25, 0.3) is 0 Å². The molecular formula is C18H23FN4O2. The number of halogens is 1. The lowest BCUT2D eigenvalue weighted by Crippen LogP contribution is -2.37. The van der Waals surface area contributed by atoms with E-state index in [0.717, 1.165) is 30.6 Å². The summed E-state index contributed by atoms with van der Waals surface area (Å²) >= 11 is 0. The molecule has 1 fully saturated rings. The van der Waals surface area contributed by atoms with Crippen LogP contribution in [0.25, 0.3) is 0 Å². The first-order valence-corrected chi connectivity index (χ1v) is 8.32. The van der Waals surface area contributed by atoms with E-state index in [-0.39, 0.29) is 11.9 Å². The monoisotopic (exact) mass is 346 g/mol. The first-order chi connectivity index (χ1) is 11.9. The Labute approximate surface area is 146 Å². The second-order valence-electron chi connectivity index (χ2n) is 6.38. The van der Waals surface area contributed by atoms with Gasteiger partial charge in [-0.15, -0.1) is 0 Å². The second kappa shape index (κ2) is 6.84. The fourth-order valence-corrected chi connectivity index (χ4v) is 3.85. The summed E-state index contributed by atoms with van der Waals surface area (Å²) in [4.78, 5) is 14.3. The van der Waals surface area contributed by atoms with Gasteiger partial charge >= 0.3 is 0 Å². The van der Waals surface area contributed by atoms with Crippen molar-refractivity contribution >= 4 is 5.91 Å². The minimum Gasteiger partial charge on any atom is -0.481 e. The number of ether oxygens (including phenoxy) is 1. The number of hydrogen-bond donors (Lipinski definition) is 1. The molecule has 0 saturated carbocycles. The van der Waals surface area contributed by atoms with Crippen LogP contribution < -0.4 is 10.5 Å². The summed E-state index contributed by atoms with van der Waals surface area (Å²) in [6.45, 7) is 2.67. The van der Waals surface area contributed by atoms with Crippen LogP contribution in [0, 0.1) is 12.7 Å². The van der Waals surface area contributed by atoms with E-state index in [1.807, 2.05) is 14.0 Å². The Bertz CT molecular complexity index is 772. The average molecular weight is 346 g/mol. The van der Waals surface area contributed by atoms with Crippen LogP contribution in [0.2, 0.25) is 0 Å². The van der Waals surface area contributed by atoms with Gasteiger partial charge in [0.1, 0.15) is 11.9 Å². The summed E-state index contributed by atoms with van der Waals surface area (Å²) in [6.07, 6.45) is 1.82. The van der Waals surface area contributed by atoms with Gasteiger partial charge in [0, 0.05) is 13.1 Å². The molecule has 0 bridgehead atoms. The maximum absolute atomic E-state index is 13.3. The van der Waals surface area contributed by atoms with Crippen molar-refractivity contribution in [1.82, 2.24) is 14.7 Å². The Balaban J connectivity index is 2.02. The normalized spacial score (nSPS) is 19.1. The zero-order valence-electron chi connectivity index (χ0n) is 14.7. The van der Waals surface area contributed by atoms with Crippen LogP contribution in [0.5, 0.6) is 5.88 Å². The van der Waals surface area contributed by atoms with Crippen LogP contribution in [-0.4, -0.2) is 34.2 Å². The van der Waals surface area contributed by atoms with Crippen LogP contribution in [-0.2, 0) is 11.8 Å². The molecule has 0 aliphatic carbocycles. The quantitative estimate of drug-likeness (QED) is 0.901. The number of nitrogens with two attached hydrogens (primary N) is 1. The van der Waals surface area contributed by atoms with Crippen molar-refractivity contribution in [3.05, 3.63) is 46.9 Å². The molecule has 6 nitrogen and oxygen atoms in total.